The molecule has 3 aromatic rings. The summed E-state index contributed by atoms with van der Waals surface area (Å²) >= 11 is 8.19. The minimum Gasteiger partial charge on any atom is -0.433 e. The highest BCUT2D eigenvalue weighted by Gasteiger charge is 2.73. The van der Waals surface area contributed by atoms with Crippen molar-refractivity contribution in [3.05, 3.63) is 86.4 Å². The Morgan fingerprint density at radius 2 is 1.43 bits per heavy atom. The molecule has 0 spiro atoms. The van der Waals surface area contributed by atoms with E-state index in [9.17, 15) is 53.5 Å². The van der Waals surface area contributed by atoms with Crippen LogP contribution in [0, 0.1) is 11.6 Å². The van der Waals surface area contributed by atoms with Crippen molar-refractivity contribution in [3.63, 3.8) is 0 Å². The number of carbonyl (C=O) groups excluding carboxylic acids is 2. The second-order valence-corrected chi connectivity index (χ2v) is 9.35. The number of hydrogen-bond acceptors (Lipinski definition) is 3. The average molecular weight is 700 g/mol. The Hall–Kier alpha value is -3.60. The van der Waals surface area contributed by atoms with E-state index in [1.54, 1.807) is 5.32 Å². The standard InChI is InChI=1S/C24H11BrClF11N2O3/c25-13-6-9(22(31,23(32,33)34)24(35,36)37)7-16(42-21(29)30)18(13)39-19(40)11-2-1-3-15(17(11)28)38-20(41)12-8-10(26)4-5-14(12)27/h1-8,21H,(H,38,41)(H,39,40). The van der Waals surface area contributed by atoms with Crippen LogP contribution in [0.25, 0.3) is 0 Å². The molecule has 5 nitrogen and oxygen atoms in total. The van der Waals surface area contributed by atoms with Crippen LogP contribution in [0.2, 0.25) is 5.02 Å². The van der Waals surface area contributed by atoms with E-state index in [1.807, 2.05) is 5.32 Å². The molecule has 0 radical (unpaired) electrons. The number of carbonyl (C=O) groups is 2. The molecule has 0 saturated carbocycles. The predicted octanol–water partition coefficient (Wildman–Crippen LogP) is 8.78. The van der Waals surface area contributed by atoms with Crippen molar-refractivity contribution in [2.45, 2.75) is 24.6 Å². The van der Waals surface area contributed by atoms with E-state index in [0.29, 0.717) is 0 Å². The zero-order valence-corrected chi connectivity index (χ0v) is 22.2. The van der Waals surface area contributed by atoms with Crippen molar-refractivity contribution < 1.29 is 62.6 Å². The summed E-state index contributed by atoms with van der Waals surface area (Å²) < 4.78 is 152. The van der Waals surface area contributed by atoms with E-state index >= 15 is 4.39 Å². The average Bonchev–Trinajstić information content (AvgIpc) is 2.86. The Morgan fingerprint density at radius 1 is 0.833 bits per heavy atom. The van der Waals surface area contributed by atoms with Crippen molar-refractivity contribution in [3.8, 4) is 5.75 Å². The van der Waals surface area contributed by atoms with Gasteiger partial charge < -0.3 is 15.4 Å². The molecule has 2 amide bonds. The smallest absolute Gasteiger partial charge is 0.433 e. The third-order valence-corrected chi connectivity index (χ3v) is 6.21. The van der Waals surface area contributed by atoms with Gasteiger partial charge in [0.25, 0.3) is 11.8 Å². The van der Waals surface area contributed by atoms with Gasteiger partial charge in [-0.3, -0.25) is 9.59 Å². The summed E-state index contributed by atoms with van der Waals surface area (Å²) in [6.45, 7) is -3.89. The van der Waals surface area contributed by atoms with Crippen LogP contribution >= 0.6 is 27.5 Å². The lowest BCUT2D eigenvalue weighted by atomic mass is 9.93. The summed E-state index contributed by atoms with van der Waals surface area (Å²) in [7, 11) is 0. The van der Waals surface area contributed by atoms with Gasteiger partial charge in [-0.15, -0.1) is 0 Å². The Morgan fingerprint density at radius 3 is 2.00 bits per heavy atom. The first-order chi connectivity index (χ1) is 19.3. The Kier molecular flexibility index (Phi) is 9.36. The fourth-order valence-corrected chi connectivity index (χ4v) is 4.14. The first-order valence-corrected chi connectivity index (χ1v) is 11.9. The van der Waals surface area contributed by atoms with Gasteiger partial charge >= 0.3 is 24.6 Å². The Bertz CT molecular complexity index is 1520. The van der Waals surface area contributed by atoms with E-state index in [1.165, 1.54) is 0 Å². The molecule has 0 aliphatic rings. The molecule has 2 N–H and O–H groups in total. The van der Waals surface area contributed by atoms with Crippen LogP contribution in [0.1, 0.15) is 26.3 Å². The fraction of sp³-hybridized carbons (Fsp3) is 0.167. The second-order valence-electron chi connectivity index (χ2n) is 8.06. The SMILES string of the molecule is O=C(Nc1cccc(C(=O)Nc2c(Br)cc(C(F)(C(F)(F)F)C(F)(F)F)cc2OC(F)F)c1F)c1cc(Cl)ccc1F. The number of hydrogen-bond donors (Lipinski definition) is 2. The lowest BCUT2D eigenvalue weighted by Crippen LogP contribution is -2.50. The van der Waals surface area contributed by atoms with Crippen molar-refractivity contribution >= 4 is 50.7 Å². The van der Waals surface area contributed by atoms with E-state index in [0.717, 1.165) is 36.4 Å². The number of rotatable bonds is 7. The van der Waals surface area contributed by atoms with Crippen molar-refractivity contribution in [1.82, 2.24) is 0 Å². The normalized spacial score (nSPS) is 12.3. The van der Waals surface area contributed by atoms with Gasteiger partial charge in [-0.25, -0.2) is 13.2 Å². The maximum Gasteiger partial charge on any atom is 0.435 e. The number of alkyl halides is 9. The molecule has 0 aromatic heterocycles. The summed E-state index contributed by atoms with van der Waals surface area (Å²) in [4.78, 5) is 25.2. The minimum atomic E-state index is -6.61. The highest BCUT2D eigenvalue weighted by atomic mass is 79.9. The molecular weight excluding hydrogens is 689 g/mol. The van der Waals surface area contributed by atoms with E-state index < -0.39 is 86.4 Å². The summed E-state index contributed by atoms with van der Waals surface area (Å²) in [6.07, 6.45) is -13.2. The van der Waals surface area contributed by atoms with E-state index in [-0.39, 0.29) is 17.2 Å². The quantitative estimate of drug-likeness (QED) is 0.243. The van der Waals surface area contributed by atoms with E-state index in [2.05, 4.69) is 20.7 Å². The maximum absolute atomic E-state index is 15.1. The molecular formula is C24H11BrClF11N2O3. The van der Waals surface area contributed by atoms with Crippen LogP contribution in [0.15, 0.2) is 53.0 Å². The maximum atomic E-state index is 15.1. The van der Waals surface area contributed by atoms with Gasteiger partial charge in [-0.1, -0.05) is 17.7 Å². The number of ether oxygens (including phenoxy) is 1. The first-order valence-electron chi connectivity index (χ1n) is 10.8. The van der Waals surface area contributed by atoms with Gasteiger partial charge in [0.2, 0.25) is 0 Å². The number of halogens is 13. The molecule has 3 aromatic carbocycles. The lowest BCUT2D eigenvalue weighted by molar-refractivity contribution is -0.348. The zero-order chi connectivity index (χ0) is 31.8. The molecule has 42 heavy (non-hydrogen) atoms. The molecule has 0 saturated heterocycles. The number of benzene rings is 3. The molecule has 0 aliphatic heterocycles. The molecule has 0 atom stereocenters. The highest BCUT2D eigenvalue weighted by molar-refractivity contribution is 9.10. The van der Waals surface area contributed by atoms with Crippen molar-refractivity contribution in [2.24, 2.45) is 0 Å². The molecule has 0 heterocycles. The molecule has 226 valence electrons. The largest absolute Gasteiger partial charge is 0.435 e. The number of anilines is 2. The third-order valence-electron chi connectivity index (χ3n) is 5.35. The van der Waals surface area contributed by atoms with E-state index in [4.69, 9.17) is 11.6 Å². The first kappa shape index (κ1) is 32.9. The van der Waals surface area contributed by atoms with Gasteiger partial charge in [0.15, 0.2) is 11.6 Å². The Labute approximate surface area is 240 Å². The number of amides is 2. The number of nitrogens with one attached hydrogen (secondary N) is 2. The highest BCUT2D eigenvalue weighted by Crippen LogP contribution is 2.55. The molecule has 0 unspecified atom stereocenters. The topological polar surface area (TPSA) is 67.4 Å². The molecule has 0 aliphatic carbocycles. The van der Waals surface area contributed by atoms with Crippen LogP contribution < -0.4 is 15.4 Å². The van der Waals surface area contributed by atoms with Gasteiger partial charge in [0, 0.05) is 15.1 Å². The van der Waals surface area contributed by atoms with Crippen LogP contribution in [-0.4, -0.2) is 30.8 Å². The summed E-state index contributed by atoms with van der Waals surface area (Å²) in [5.41, 5.74) is -11.6. The van der Waals surface area contributed by atoms with Crippen LogP contribution in [0.4, 0.5) is 59.7 Å². The minimum absolute atomic E-state index is 0.0518. The van der Waals surface area contributed by atoms with Gasteiger partial charge in [-0.05, 0) is 58.4 Å². The lowest BCUT2D eigenvalue weighted by Gasteiger charge is -2.31. The van der Waals surface area contributed by atoms with Crippen LogP contribution in [0.5, 0.6) is 5.75 Å². The van der Waals surface area contributed by atoms with Crippen LogP contribution in [-0.2, 0) is 5.67 Å². The molecule has 0 bridgehead atoms. The summed E-state index contributed by atoms with van der Waals surface area (Å²) in [6, 6.07) is 5.14. The van der Waals surface area contributed by atoms with Crippen molar-refractivity contribution in [2.75, 3.05) is 10.6 Å². The molecule has 18 heteroatoms. The Balaban J connectivity index is 2.02. The van der Waals surface area contributed by atoms with Gasteiger partial charge in [0.05, 0.1) is 22.5 Å². The third kappa shape index (κ3) is 6.56. The molecule has 0 fully saturated rings. The molecule has 3 rings (SSSR count). The predicted molar refractivity (Wildman–Crippen MR) is 129 cm³/mol. The van der Waals surface area contributed by atoms with Gasteiger partial charge in [-0.2, -0.15) is 35.1 Å². The fourth-order valence-electron chi connectivity index (χ4n) is 3.42. The van der Waals surface area contributed by atoms with Crippen molar-refractivity contribution in [1.29, 1.82) is 0 Å². The summed E-state index contributed by atoms with van der Waals surface area (Å²) in [5.74, 6) is -6.82. The van der Waals surface area contributed by atoms with Gasteiger partial charge in [0.1, 0.15) is 5.82 Å². The second kappa shape index (κ2) is 11.9. The summed E-state index contributed by atoms with van der Waals surface area (Å²) in [5, 5.41) is 3.69. The zero-order valence-electron chi connectivity index (χ0n) is 19.8. The van der Waals surface area contributed by atoms with Crippen LogP contribution in [0.3, 0.4) is 0 Å². The monoisotopic (exact) mass is 698 g/mol.